The summed E-state index contributed by atoms with van der Waals surface area (Å²) in [6.07, 6.45) is 10.5. The summed E-state index contributed by atoms with van der Waals surface area (Å²) >= 11 is 0. The molecule has 3 nitrogen and oxygen atoms in total. The molecule has 4 aliphatic rings. The van der Waals surface area contributed by atoms with Gasteiger partial charge in [-0.1, -0.05) is 12.2 Å². The quantitative estimate of drug-likeness (QED) is 0.763. The largest absolute Gasteiger partial charge is 0.493 e. The average Bonchev–Trinajstić information content (AvgIpc) is 3.34. The lowest BCUT2D eigenvalue weighted by Gasteiger charge is -2.35. The lowest BCUT2D eigenvalue weighted by atomic mass is 9.87. The number of carbonyl (C=O) groups excluding carboxylic acids is 1. The summed E-state index contributed by atoms with van der Waals surface area (Å²) in [6.45, 7) is 2.27. The van der Waals surface area contributed by atoms with Crippen molar-refractivity contribution in [2.24, 2.45) is 29.1 Å². The van der Waals surface area contributed by atoms with Crippen molar-refractivity contribution in [1.82, 2.24) is 4.90 Å². The van der Waals surface area contributed by atoms with Crippen molar-refractivity contribution in [3.63, 3.8) is 0 Å². The van der Waals surface area contributed by atoms with Crippen molar-refractivity contribution in [3.05, 3.63) is 42.2 Å². The Morgan fingerprint density at radius 1 is 1.23 bits per heavy atom. The molecule has 4 atom stereocenters. The van der Waals surface area contributed by atoms with E-state index < -0.39 is 0 Å². The Kier molecular flexibility index (Phi) is 3.84. The van der Waals surface area contributed by atoms with Crippen LogP contribution < -0.4 is 4.74 Å². The smallest absolute Gasteiger partial charge is 0.226 e. The fourth-order valence-electron chi connectivity index (χ4n) is 5.64. The molecule has 1 heterocycles. The predicted molar refractivity (Wildman–Crippen MR) is 97.1 cm³/mol. The van der Waals surface area contributed by atoms with Crippen LogP contribution in [0.4, 0.5) is 4.39 Å². The SMILES string of the molecule is O=C([C@@H]1C[C@H]2C=C[C@H]1C21CC1)N1CCC[C@@H](COc2ccc(F)cc2)C1. The van der Waals surface area contributed by atoms with E-state index in [0.717, 1.165) is 32.4 Å². The van der Waals surface area contributed by atoms with Gasteiger partial charge in [0.2, 0.25) is 5.91 Å². The number of amides is 1. The molecule has 3 fully saturated rings. The summed E-state index contributed by atoms with van der Waals surface area (Å²) in [5.74, 6) is 2.55. The number of allylic oxidation sites excluding steroid dienone is 2. The molecule has 2 bridgehead atoms. The van der Waals surface area contributed by atoms with Crippen molar-refractivity contribution in [3.8, 4) is 5.75 Å². The standard InChI is InChI=1S/C22H26FNO2/c23-17-4-6-18(7-5-17)26-14-15-2-1-11-24(13-15)21(25)19-12-16-3-8-20(19)22(16)9-10-22/h3-8,15-16,19-20H,1-2,9-14H2/t15-,16-,19-,20-/m1/s1. The van der Waals surface area contributed by atoms with E-state index in [1.165, 1.54) is 25.0 Å². The van der Waals surface area contributed by atoms with Gasteiger partial charge in [-0.15, -0.1) is 0 Å². The van der Waals surface area contributed by atoms with Gasteiger partial charge in [-0.2, -0.15) is 0 Å². The summed E-state index contributed by atoms with van der Waals surface area (Å²) in [5, 5.41) is 0. The van der Waals surface area contributed by atoms with Crippen LogP contribution in [0.1, 0.15) is 32.1 Å². The molecule has 1 aliphatic heterocycles. The third-order valence-electron chi connectivity index (χ3n) is 7.17. The zero-order valence-electron chi connectivity index (χ0n) is 15.1. The minimum Gasteiger partial charge on any atom is -0.493 e. The molecule has 2 saturated carbocycles. The number of hydrogen-bond donors (Lipinski definition) is 0. The Morgan fingerprint density at radius 2 is 2.04 bits per heavy atom. The number of ether oxygens (including phenoxy) is 1. The molecule has 1 aromatic rings. The number of likely N-dealkylation sites (tertiary alicyclic amines) is 1. The van der Waals surface area contributed by atoms with Crippen molar-refractivity contribution in [1.29, 1.82) is 0 Å². The Balaban J connectivity index is 1.19. The van der Waals surface area contributed by atoms with Gasteiger partial charge in [0.25, 0.3) is 0 Å². The van der Waals surface area contributed by atoms with Gasteiger partial charge in [-0.25, -0.2) is 4.39 Å². The fourth-order valence-corrected chi connectivity index (χ4v) is 5.64. The topological polar surface area (TPSA) is 29.5 Å². The number of halogens is 1. The maximum absolute atomic E-state index is 13.2. The zero-order valence-corrected chi connectivity index (χ0v) is 15.1. The van der Waals surface area contributed by atoms with Gasteiger partial charge >= 0.3 is 0 Å². The summed E-state index contributed by atoms with van der Waals surface area (Å²) in [6, 6.07) is 6.17. The first-order valence-electron chi connectivity index (χ1n) is 10.0. The lowest BCUT2D eigenvalue weighted by Crippen LogP contribution is -2.45. The van der Waals surface area contributed by atoms with E-state index in [0.29, 0.717) is 41.4 Å². The van der Waals surface area contributed by atoms with Crippen molar-refractivity contribution in [2.75, 3.05) is 19.7 Å². The second kappa shape index (κ2) is 6.11. The molecule has 1 aromatic carbocycles. The molecular weight excluding hydrogens is 329 g/mol. The van der Waals surface area contributed by atoms with E-state index in [4.69, 9.17) is 4.74 Å². The highest BCUT2D eigenvalue weighted by atomic mass is 19.1. The number of nitrogens with zero attached hydrogens (tertiary/aromatic N) is 1. The van der Waals surface area contributed by atoms with Crippen LogP contribution in [0.3, 0.4) is 0 Å². The minimum atomic E-state index is -0.250. The highest BCUT2D eigenvalue weighted by Crippen LogP contribution is 2.70. The third-order valence-corrected chi connectivity index (χ3v) is 7.17. The van der Waals surface area contributed by atoms with E-state index in [9.17, 15) is 9.18 Å². The average molecular weight is 355 g/mol. The van der Waals surface area contributed by atoms with Crippen LogP contribution in [0.5, 0.6) is 5.75 Å². The first-order chi connectivity index (χ1) is 12.7. The van der Waals surface area contributed by atoms with Gasteiger partial charge < -0.3 is 9.64 Å². The van der Waals surface area contributed by atoms with E-state index in [-0.39, 0.29) is 11.7 Å². The Hall–Kier alpha value is -1.84. The first kappa shape index (κ1) is 16.3. The molecule has 0 unspecified atom stereocenters. The fraction of sp³-hybridized carbons (Fsp3) is 0.591. The summed E-state index contributed by atoms with van der Waals surface area (Å²) in [4.78, 5) is 15.3. The van der Waals surface area contributed by atoms with Crippen LogP contribution in [-0.4, -0.2) is 30.5 Å². The van der Waals surface area contributed by atoms with Crippen molar-refractivity contribution >= 4 is 5.91 Å². The Morgan fingerprint density at radius 3 is 2.77 bits per heavy atom. The van der Waals surface area contributed by atoms with Gasteiger partial charge in [-0.3, -0.25) is 4.79 Å². The molecular formula is C22H26FNO2. The number of piperidine rings is 1. The molecule has 4 heteroatoms. The lowest BCUT2D eigenvalue weighted by molar-refractivity contribution is -0.138. The Labute approximate surface area is 154 Å². The van der Waals surface area contributed by atoms with Crippen molar-refractivity contribution < 1.29 is 13.9 Å². The van der Waals surface area contributed by atoms with Crippen LogP contribution in [0.25, 0.3) is 0 Å². The van der Waals surface area contributed by atoms with Gasteiger partial charge in [0.15, 0.2) is 0 Å². The number of carbonyl (C=O) groups is 1. The normalized spacial score (nSPS) is 33.7. The summed E-state index contributed by atoms with van der Waals surface area (Å²) in [5.41, 5.74) is 0.473. The molecule has 138 valence electrons. The second-order valence-electron chi connectivity index (χ2n) is 8.65. The van der Waals surface area contributed by atoms with Gasteiger partial charge in [0.1, 0.15) is 11.6 Å². The predicted octanol–water partition coefficient (Wildman–Crippen LogP) is 4.05. The number of benzene rings is 1. The molecule has 5 rings (SSSR count). The van der Waals surface area contributed by atoms with E-state index >= 15 is 0 Å². The molecule has 1 spiro atoms. The first-order valence-corrected chi connectivity index (χ1v) is 10.0. The second-order valence-corrected chi connectivity index (χ2v) is 8.65. The summed E-state index contributed by atoms with van der Waals surface area (Å²) in [7, 11) is 0. The monoisotopic (exact) mass is 355 g/mol. The molecule has 0 aromatic heterocycles. The van der Waals surface area contributed by atoms with Gasteiger partial charge in [0.05, 0.1) is 6.61 Å². The van der Waals surface area contributed by atoms with Crippen LogP contribution in [0.15, 0.2) is 36.4 Å². The molecule has 1 saturated heterocycles. The zero-order chi connectivity index (χ0) is 17.7. The van der Waals surface area contributed by atoms with E-state index in [1.807, 2.05) is 0 Å². The van der Waals surface area contributed by atoms with Gasteiger partial charge in [-0.05, 0) is 73.6 Å². The number of rotatable bonds is 4. The molecule has 3 aliphatic carbocycles. The van der Waals surface area contributed by atoms with E-state index in [1.54, 1.807) is 12.1 Å². The maximum Gasteiger partial charge on any atom is 0.226 e. The molecule has 0 radical (unpaired) electrons. The maximum atomic E-state index is 13.2. The third kappa shape index (κ3) is 2.65. The van der Waals surface area contributed by atoms with Crippen LogP contribution in [0, 0.1) is 34.9 Å². The van der Waals surface area contributed by atoms with E-state index in [2.05, 4.69) is 17.1 Å². The molecule has 26 heavy (non-hydrogen) atoms. The highest BCUT2D eigenvalue weighted by Gasteiger charge is 2.64. The molecule has 1 amide bonds. The van der Waals surface area contributed by atoms with Crippen molar-refractivity contribution in [2.45, 2.75) is 32.1 Å². The van der Waals surface area contributed by atoms with Crippen LogP contribution in [-0.2, 0) is 4.79 Å². The highest BCUT2D eigenvalue weighted by molar-refractivity contribution is 5.80. The van der Waals surface area contributed by atoms with Crippen LogP contribution in [0.2, 0.25) is 0 Å². The Bertz CT molecular complexity index is 724. The molecule has 0 N–H and O–H groups in total. The minimum absolute atomic E-state index is 0.212. The van der Waals surface area contributed by atoms with Crippen LogP contribution >= 0.6 is 0 Å². The van der Waals surface area contributed by atoms with Gasteiger partial charge in [0, 0.05) is 24.9 Å². The number of hydrogen-bond acceptors (Lipinski definition) is 2. The summed E-state index contributed by atoms with van der Waals surface area (Å²) < 4.78 is 18.8.